The van der Waals surface area contributed by atoms with Crippen LogP contribution < -0.4 is 10.1 Å². The Labute approximate surface area is 227 Å². The second kappa shape index (κ2) is 13.1. The number of rotatable bonds is 9. The van der Waals surface area contributed by atoms with Gasteiger partial charge in [0.1, 0.15) is 0 Å². The van der Waals surface area contributed by atoms with Crippen LogP contribution in [0, 0.1) is 11.7 Å². The number of amides is 2. The minimum absolute atomic E-state index is 0.0763. The summed E-state index contributed by atoms with van der Waals surface area (Å²) in [6, 6.07) is 11.9. The molecule has 4 rings (SSSR count). The molecule has 1 aliphatic heterocycles. The Hall–Kier alpha value is -3.13. The van der Waals surface area contributed by atoms with Crippen molar-refractivity contribution in [1.82, 2.24) is 10.2 Å². The molecule has 1 heterocycles. The van der Waals surface area contributed by atoms with Gasteiger partial charge < -0.3 is 20.1 Å². The summed E-state index contributed by atoms with van der Waals surface area (Å²) >= 11 is 5.97. The molecule has 1 saturated carbocycles. The lowest BCUT2D eigenvalue weighted by molar-refractivity contribution is -0.143. The molecule has 38 heavy (non-hydrogen) atoms. The van der Waals surface area contributed by atoms with E-state index in [1.165, 1.54) is 17.7 Å². The normalized spacial score (nSPS) is 20.1. The zero-order chi connectivity index (χ0) is 27.1. The summed E-state index contributed by atoms with van der Waals surface area (Å²) in [6.45, 7) is 1.71. The van der Waals surface area contributed by atoms with E-state index in [-0.39, 0.29) is 41.6 Å². The topological polar surface area (TPSA) is 95.9 Å². The van der Waals surface area contributed by atoms with E-state index in [4.69, 9.17) is 21.4 Å². The van der Waals surface area contributed by atoms with Gasteiger partial charge >= 0.3 is 12.0 Å². The maximum absolute atomic E-state index is 14.6. The number of carbonyl (C=O) groups is 3. The van der Waals surface area contributed by atoms with Crippen molar-refractivity contribution in [2.75, 3.05) is 19.6 Å². The molecule has 2 N–H and O–H groups in total. The molecule has 2 amide bonds. The molecule has 0 aromatic heterocycles. The van der Waals surface area contributed by atoms with E-state index in [9.17, 15) is 18.8 Å². The fourth-order valence-electron chi connectivity index (χ4n) is 5.23. The summed E-state index contributed by atoms with van der Waals surface area (Å²) < 4.78 is 20.3. The van der Waals surface area contributed by atoms with Crippen molar-refractivity contribution in [2.24, 2.45) is 5.92 Å². The number of nitrogens with zero attached hydrogens (tertiary/aromatic N) is 1. The molecule has 2 aromatic rings. The van der Waals surface area contributed by atoms with Crippen LogP contribution in [0.3, 0.4) is 0 Å². The minimum atomic E-state index is -0.799. The van der Waals surface area contributed by atoms with Gasteiger partial charge in [-0.2, -0.15) is 0 Å². The molecule has 0 unspecified atom stereocenters. The molecule has 7 nitrogen and oxygen atoms in total. The van der Waals surface area contributed by atoms with Crippen LogP contribution in [-0.2, 0) is 4.79 Å². The van der Waals surface area contributed by atoms with Crippen LogP contribution >= 0.6 is 11.6 Å². The molecule has 204 valence electrons. The number of carboxylic acids is 1. The van der Waals surface area contributed by atoms with E-state index in [0.717, 1.165) is 12.8 Å². The lowest BCUT2D eigenvalue weighted by Crippen LogP contribution is -2.44. The van der Waals surface area contributed by atoms with Crippen molar-refractivity contribution in [2.45, 2.75) is 63.4 Å². The third kappa shape index (κ3) is 7.47. The molecular weight excluding hydrogens is 511 g/mol. The lowest BCUT2D eigenvalue weighted by Gasteiger charge is -2.32. The zero-order valence-corrected chi connectivity index (χ0v) is 22.1. The standard InChI is InChI=1S/C29H34ClFN2O5/c30-23-8-3-19(4-9-23)20-13-16-33(17-14-20)29(37)32-15-1-2-26(34)22-7-12-27(25(31)18-22)38-24-10-5-21(6-11-24)28(35)36/h3-4,7-9,12,18,20-21,24H,1-2,5-6,10-11,13-17H2,(H,32,37)(H,35,36). The van der Waals surface area contributed by atoms with Crippen LogP contribution in [0.25, 0.3) is 0 Å². The molecule has 9 heteroatoms. The summed E-state index contributed by atoms with van der Waals surface area (Å²) in [5.74, 6) is -1.48. The number of piperidine rings is 1. The number of Topliss-reactive ketones (excluding diaryl/α,β-unsaturated/α-hetero) is 1. The molecule has 1 aliphatic carbocycles. The number of urea groups is 1. The molecule has 2 aliphatic rings. The second-order valence-electron chi connectivity index (χ2n) is 10.1. The van der Waals surface area contributed by atoms with E-state index in [0.29, 0.717) is 62.7 Å². The Morgan fingerprint density at radius 2 is 1.68 bits per heavy atom. The number of hydrogen-bond donors (Lipinski definition) is 2. The monoisotopic (exact) mass is 544 g/mol. The van der Waals surface area contributed by atoms with Gasteiger partial charge in [-0.15, -0.1) is 0 Å². The minimum Gasteiger partial charge on any atom is -0.487 e. The van der Waals surface area contributed by atoms with Crippen LogP contribution in [0.5, 0.6) is 5.75 Å². The first-order chi connectivity index (χ1) is 18.3. The quantitative estimate of drug-likeness (QED) is 0.296. The lowest BCUT2D eigenvalue weighted by atomic mass is 9.87. The Morgan fingerprint density at radius 3 is 2.32 bits per heavy atom. The maximum atomic E-state index is 14.6. The smallest absolute Gasteiger partial charge is 0.317 e. The molecule has 1 saturated heterocycles. The highest BCUT2D eigenvalue weighted by Crippen LogP contribution is 2.30. The first-order valence-electron chi connectivity index (χ1n) is 13.3. The number of halogens is 2. The van der Waals surface area contributed by atoms with Crippen LogP contribution in [0.1, 0.15) is 73.2 Å². The van der Waals surface area contributed by atoms with Crippen molar-refractivity contribution in [1.29, 1.82) is 0 Å². The first-order valence-corrected chi connectivity index (χ1v) is 13.7. The second-order valence-corrected chi connectivity index (χ2v) is 10.6. The van der Waals surface area contributed by atoms with E-state index in [1.807, 2.05) is 24.3 Å². The molecule has 0 bridgehead atoms. The van der Waals surface area contributed by atoms with E-state index in [1.54, 1.807) is 11.0 Å². The number of ketones is 1. The number of benzene rings is 2. The van der Waals surface area contributed by atoms with Crippen molar-refractivity contribution in [3.05, 3.63) is 64.4 Å². The number of aliphatic carboxylic acids is 1. The fourth-order valence-corrected chi connectivity index (χ4v) is 5.35. The summed E-state index contributed by atoms with van der Waals surface area (Å²) in [7, 11) is 0. The predicted molar refractivity (Wildman–Crippen MR) is 142 cm³/mol. The largest absolute Gasteiger partial charge is 0.487 e. The molecule has 2 fully saturated rings. The SMILES string of the molecule is O=C(CCCNC(=O)N1CCC(c2ccc(Cl)cc2)CC1)c1ccc(OC2CCC(C(=O)O)CC2)c(F)c1. The number of likely N-dealkylation sites (tertiary alicyclic amines) is 1. The van der Waals surface area contributed by atoms with Crippen molar-refractivity contribution >= 4 is 29.4 Å². The number of nitrogens with one attached hydrogen (secondary N) is 1. The number of hydrogen-bond acceptors (Lipinski definition) is 4. The predicted octanol–water partition coefficient (Wildman–Crippen LogP) is 6.05. The van der Waals surface area contributed by atoms with Crippen LogP contribution in [0.2, 0.25) is 5.02 Å². The fraction of sp³-hybridized carbons (Fsp3) is 0.483. The molecule has 0 atom stereocenters. The van der Waals surface area contributed by atoms with Gasteiger partial charge in [0.05, 0.1) is 12.0 Å². The van der Waals surface area contributed by atoms with E-state index >= 15 is 0 Å². The molecule has 2 aromatic carbocycles. The van der Waals surface area contributed by atoms with Gasteiger partial charge in [-0.25, -0.2) is 9.18 Å². The number of carbonyl (C=O) groups excluding carboxylic acids is 2. The Bertz CT molecular complexity index is 1130. The molecule has 0 radical (unpaired) electrons. The van der Waals surface area contributed by atoms with Crippen LogP contribution in [0.4, 0.5) is 9.18 Å². The van der Waals surface area contributed by atoms with Gasteiger partial charge in [0, 0.05) is 36.6 Å². The third-order valence-corrected chi connectivity index (χ3v) is 7.80. The first kappa shape index (κ1) is 27.9. The van der Waals surface area contributed by atoms with Gasteiger partial charge in [-0.1, -0.05) is 23.7 Å². The van der Waals surface area contributed by atoms with Gasteiger partial charge in [-0.05, 0) is 86.8 Å². The van der Waals surface area contributed by atoms with Gasteiger partial charge in [0.15, 0.2) is 17.3 Å². The summed E-state index contributed by atoms with van der Waals surface area (Å²) in [6.07, 6.45) is 4.34. The Balaban J connectivity index is 1.15. The average molecular weight is 545 g/mol. The summed E-state index contributed by atoms with van der Waals surface area (Å²) in [5, 5.41) is 12.7. The van der Waals surface area contributed by atoms with E-state index < -0.39 is 11.8 Å². The summed E-state index contributed by atoms with van der Waals surface area (Å²) in [5.41, 5.74) is 1.51. The third-order valence-electron chi connectivity index (χ3n) is 7.55. The van der Waals surface area contributed by atoms with E-state index in [2.05, 4.69) is 5.32 Å². The average Bonchev–Trinajstić information content (AvgIpc) is 2.92. The zero-order valence-electron chi connectivity index (χ0n) is 21.3. The van der Waals surface area contributed by atoms with Crippen molar-refractivity contribution in [3.63, 3.8) is 0 Å². The highest BCUT2D eigenvalue weighted by molar-refractivity contribution is 6.30. The van der Waals surface area contributed by atoms with Crippen molar-refractivity contribution in [3.8, 4) is 5.75 Å². The van der Waals surface area contributed by atoms with Gasteiger partial charge in [-0.3, -0.25) is 9.59 Å². The molecule has 0 spiro atoms. The summed E-state index contributed by atoms with van der Waals surface area (Å²) in [4.78, 5) is 37.9. The van der Waals surface area contributed by atoms with Crippen LogP contribution in [0.15, 0.2) is 42.5 Å². The van der Waals surface area contributed by atoms with Gasteiger partial charge in [0.25, 0.3) is 0 Å². The van der Waals surface area contributed by atoms with Crippen LogP contribution in [-0.4, -0.2) is 53.5 Å². The molecular formula is C29H34ClFN2O5. The van der Waals surface area contributed by atoms with Crippen molar-refractivity contribution < 1.29 is 28.6 Å². The Kier molecular flexibility index (Phi) is 9.61. The highest BCUT2D eigenvalue weighted by atomic mass is 35.5. The van der Waals surface area contributed by atoms with Gasteiger partial charge in [0.2, 0.25) is 0 Å². The Morgan fingerprint density at radius 1 is 1.00 bits per heavy atom. The highest BCUT2D eigenvalue weighted by Gasteiger charge is 2.28. The maximum Gasteiger partial charge on any atom is 0.317 e. The number of ether oxygens (including phenoxy) is 1. The number of carboxylic acid groups (broad SMARTS) is 1.